The van der Waals surface area contributed by atoms with Crippen LogP contribution in [-0.4, -0.2) is 29.1 Å². The van der Waals surface area contributed by atoms with Crippen LogP contribution in [0.15, 0.2) is 0 Å². The Kier molecular flexibility index (Phi) is 2.84. The monoisotopic (exact) mass is 260 g/mol. The highest BCUT2D eigenvalue weighted by atomic mass is 35.5. The number of thiazole rings is 1. The summed E-state index contributed by atoms with van der Waals surface area (Å²) < 4.78 is 0. The van der Waals surface area contributed by atoms with Gasteiger partial charge in [-0.1, -0.05) is 36.8 Å². The first kappa shape index (κ1) is 11.7. The maximum Gasteiger partial charge on any atom is 0.349 e. The molecule has 0 amide bonds. The maximum atomic E-state index is 10.8. The van der Waals surface area contributed by atoms with Crippen molar-refractivity contribution in [1.82, 2.24) is 4.98 Å². The molecule has 6 heteroatoms. The molecule has 0 bridgehead atoms. The van der Waals surface area contributed by atoms with Crippen LogP contribution < -0.4 is 4.90 Å². The number of nitrogens with zero attached hydrogens (tertiary/aromatic N) is 2. The van der Waals surface area contributed by atoms with Crippen LogP contribution in [0.1, 0.15) is 29.9 Å². The van der Waals surface area contributed by atoms with Crippen molar-refractivity contribution in [3.63, 3.8) is 0 Å². The Bertz CT molecular complexity index is 430. The van der Waals surface area contributed by atoms with Crippen LogP contribution >= 0.6 is 22.9 Å². The molecule has 2 rings (SSSR count). The van der Waals surface area contributed by atoms with E-state index in [-0.39, 0.29) is 15.4 Å². The molecule has 0 unspecified atom stereocenters. The van der Waals surface area contributed by atoms with Crippen molar-refractivity contribution in [3.8, 4) is 0 Å². The van der Waals surface area contributed by atoms with E-state index in [9.17, 15) is 4.79 Å². The van der Waals surface area contributed by atoms with Gasteiger partial charge in [0.15, 0.2) is 15.2 Å². The fraction of sp³-hybridized carbons (Fsp3) is 0.600. The predicted octanol–water partition coefficient (Wildman–Crippen LogP) is 2.73. The molecule has 16 heavy (non-hydrogen) atoms. The largest absolute Gasteiger partial charge is 0.477 e. The van der Waals surface area contributed by atoms with Crippen molar-refractivity contribution in [2.24, 2.45) is 5.41 Å². The summed E-state index contributed by atoms with van der Waals surface area (Å²) in [7, 11) is 0. The van der Waals surface area contributed by atoms with Gasteiger partial charge in [0.2, 0.25) is 0 Å². The average molecular weight is 261 g/mol. The third kappa shape index (κ3) is 2.15. The lowest BCUT2D eigenvalue weighted by Crippen LogP contribution is -2.22. The second-order valence-electron chi connectivity index (χ2n) is 4.76. The molecule has 2 heterocycles. The molecule has 0 spiro atoms. The van der Waals surface area contributed by atoms with Crippen LogP contribution in [0.5, 0.6) is 0 Å². The Hall–Kier alpha value is -0.810. The molecule has 1 aliphatic rings. The highest BCUT2D eigenvalue weighted by molar-refractivity contribution is 7.18. The average Bonchev–Trinajstić information content (AvgIpc) is 2.69. The summed E-state index contributed by atoms with van der Waals surface area (Å²) in [6.45, 7) is 6.20. The van der Waals surface area contributed by atoms with Crippen LogP contribution in [0, 0.1) is 5.41 Å². The molecule has 1 saturated heterocycles. The number of rotatable bonds is 2. The molecular formula is C10H13ClN2O2S. The number of anilines is 1. The lowest BCUT2D eigenvalue weighted by Gasteiger charge is -2.18. The molecule has 0 radical (unpaired) electrons. The van der Waals surface area contributed by atoms with Crippen molar-refractivity contribution in [3.05, 3.63) is 10.0 Å². The lowest BCUT2D eigenvalue weighted by atomic mass is 9.93. The van der Waals surface area contributed by atoms with Gasteiger partial charge in [-0.25, -0.2) is 9.78 Å². The molecule has 0 aliphatic carbocycles. The van der Waals surface area contributed by atoms with Gasteiger partial charge in [-0.05, 0) is 11.8 Å². The van der Waals surface area contributed by atoms with E-state index >= 15 is 0 Å². The SMILES string of the molecule is CC1(C)CCN(c2nc(Cl)c(C(=O)O)s2)C1. The first-order chi connectivity index (χ1) is 7.39. The smallest absolute Gasteiger partial charge is 0.349 e. The maximum absolute atomic E-state index is 10.8. The Morgan fingerprint density at radius 2 is 2.31 bits per heavy atom. The molecule has 1 aliphatic heterocycles. The Morgan fingerprint density at radius 1 is 1.62 bits per heavy atom. The van der Waals surface area contributed by atoms with E-state index in [1.165, 1.54) is 0 Å². The highest BCUT2D eigenvalue weighted by Crippen LogP contribution is 2.36. The van der Waals surface area contributed by atoms with Crippen LogP contribution in [0.25, 0.3) is 0 Å². The zero-order valence-corrected chi connectivity index (χ0v) is 10.7. The number of halogens is 1. The normalized spacial score (nSPS) is 19.1. The van der Waals surface area contributed by atoms with Gasteiger partial charge in [-0.15, -0.1) is 0 Å². The molecule has 0 atom stereocenters. The summed E-state index contributed by atoms with van der Waals surface area (Å²) in [5, 5.41) is 9.70. The molecule has 0 aromatic carbocycles. The molecular weight excluding hydrogens is 248 g/mol. The summed E-state index contributed by atoms with van der Waals surface area (Å²) in [6, 6.07) is 0. The van der Waals surface area contributed by atoms with Crippen molar-refractivity contribution < 1.29 is 9.90 Å². The van der Waals surface area contributed by atoms with Gasteiger partial charge in [-0.3, -0.25) is 0 Å². The summed E-state index contributed by atoms with van der Waals surface area (Å²) in [6.07, 6.45) is 1.09. The first-order valence-electron chi connectivity index (χ1n) is 5.04. The van der Waals surface area contributed by atoms with Crippen molar-refractivity contribution >= 4 is 34.0 Å². The third-order valence-corrected chi connectivity index (χ3v) is 4.21. The van der Waals surface area contributed by atoms with Crippen LogP contribution in [-0.2, 0) is 0 Å². The number of aromatic nitrogens is 1. The van der Waals surface area contributed by atoms with E-state index in [4.69, 9.17) is 16.7 Å². The van der Waals surface area contributed by atoms with Crippen molar-refractivity contribution in [1.29, 1.82) is 0 Å². The third-order valence-electron chi connectivity index (χ3n) is 2.72. The molecule has 1 aromatic rings. The second kappa shape index (κ2) is 3.89. The van der Waals surface area contributed by atoms with Gasteiger partial charge in [-0.2, -0.15) is 0 Å². The summed E-state index contributed by atoms with van der Waals surface area (Å²) in [5.74, 6) is -1.01. The number of hydrogen-bond acceptors (Lipinski definition) is 4. The van der Waals surface area contributed by atoms with E-state index in [1.54, 1.807) is 0 Å². The highest BCUT2D eigenvalue weighted by Gasteiger charge is 2.31. The van der Waals surface area contributed by atoms with Gasteiger partial charge in [0.25, 0.3) is 0 Å². The zero-order valence-electron chi connectivity index (χ0n) is 9.16. The van der Waals surface area contributed by atoms with Crippen molar-refractivity contribution in [2.75, 3.05) is 18.0 Å². The number of carbonyl (C=O) groups is 1. The van der Waals surface area contributed by atoms with Gasteiger partial charge in [0.05, 0.1) is 0 Å². The molecule has 1 aromatic heterocycles. The predicted molar refractivity (Wildman–Crippen MR) is 64.7 cm³/mol. The van der Waals surface area contributed by atoms with E-state index in [0.717, 1.165) is 30.8 Å². The topological polar surface area (TPSA) is 53.4 Å². The number of carboxylic acid groups (broad SMARTS) is 1. The minimum Gasteiger partial charge on any atom is -0.477 e. The second-order valence-corrected chi connectivity index (χ2v) is 6.09. The summed E-state index contributed by atoms with van der Waals surface area (Å²) in [4.78, 5) is 17.2. The van der Waals surface area contributed by atoms with Gasteiger partial charge in [0.1, 0.15) is 0 Å². The lowest BCUT2D eigenvalue weighted by molar-refractivity contribution is 0.0702. The number of carboxylic acids is 1. The zero-order chi connectivity index (χ0) is 11.9. The fourth-order valence-electron chi connectivity index (χ4n) is 1.83. The fourth-order valence-corrected chi connectivity index (χ4v) is 2.98. The molecule has 4 nitrogen and oxygen atoms in total. The summed E-state index contributed by atoms with van der Waals surface area (Å²) in [5.41, 5.74) is 0.265. The minimum absolute atomic E-state index is 0.0946. The van der Waals surface area contributed by atoms with Gasteiger partial charge < -0.3 is 10.0 Å². The Balaban J connectivity index is 2.23. The van der Waals surface area contributed by atoms with Gasteiger partial charge >= 0.3 is 5.97 Å². The Morgan fingerprint density at radius 3 is 2.75 bits per heavy atom. The number of hydrogen-bond donors (Lipinski definition) is 1. The molecule has 88 valence electrons. The summed E-state index contributed by atoms with van der Waals surface area (Å²) >= 11 is 6.93. The van der Waals surface area contributed by atoms with E-state index in [1.807, 2.05) is 0 Å². The first-order valence-corrected chi connectivity index (χ1v) is 6.23. The van der Waals surface area contributed by atoms with Crippen LogP contribution in [0.2, 0.25) is 5.15 Å². The van der Waals surface area contributed by atoms with E-state index in [2.05, 4.69) is 23.7 Å². The van der Waals surface area contributed by atoms with Crippen LogP contribution in [0.3, 0.4) is 0 Å². The van der Waals surface area contributed by atoms with E-state index < -0.39 is 5.97 Å². The molecule has 1 fully saturated rings. The number of aromatic carboxylic acids is 1. The van der Waals surface area contributed by atoms with Crippen molar-refractivity contribution in [2.45, 2.75) is 20.3 Å². The molecule has 0 saturated carbocycles. The van der Waals surface area contributed by atoms with Gasteiger partial charge in [0, 0.05) is 13.1 Å². The Labute approximate surface area is 103 Å². The standard InChI is InChI=1S/C10H13ClN2O2S/c1-10(2)3-4-13(5-10)9-12-7(11)6(16-9)8(14)15/h3-5H2,1-2H3,(H,14,15). The molecule has 1 N–H and O–H groups in total. The van der Waals surface area contributed by atoms with Crippen LogP contribution in [0.4, 0.5) is 5.13 Å². The minimum atomic E-state index is -1.01. The quantitative estimate of drug-likeness (QED) is 0.888. The van der Waals surface area contributed by atoms with E-state index in [0.29, 0.717) is 5.13 Å².